The van der Waals surface area contributed by atoms with Crippen molar-refractivity contribution in [2.75, 3.05) is 19.8 Å². The first-order valence-corrected chi connectivity index (χ1v) is 10.5. The second-order valence-corrected chi connectivity index (χ2v) is 8.12. The molecule has 1 N–H and O–H groups in total. The van der Waals surface area contributed by atoms with Crippen molar-refractivity contribution in [3.8, 4) is 0 Å². The number of rotatable bonds is 15. The lowest BCUT2D eigenvalue weighted by Gasteiger charge is -2.33. The van der Waals surface area contributed by atoms with Gasteiger partial charge < -0.3 is 18.4 Å². The largest absolute Gasteiger partial charge is 0.515 e. The van der Waals surface area contributed by atoms with Gasteiger partial charge in [0.2, 0.25) is 0 Å². The summed E-state index contributed by atoms with van der Waals surface area (Å²) in [6.07, 6.45) is 7.34. The van der Waals surface area contributed by atoms with Gasteiger partial charge in [0.1, 0.15) is 5.54 Å². The van der Waals surface area contributed by atoms with Crippen LogP contribution in [-0.2, 0) is 18.1 Å². The fourth-order valence-electron chi connectivity index (χ4n) is 2.61. The molecule has 0 aliphatic carbocycles. The topological polar surface area (TPSA) is 65.0 Å². The van der Waals surface area contributed by atoms with Crippen LogP contribution in [0.3, 0.4) is 0 Å². The fraction of sp³-hybridized carbons (Fsp3) is 0.938. The summed E-state index contributed by atoms with van der Waals surface area (Å²) in [5, 5.41) is 9.62. The lowest BCUT2D eigenvalue weighted by Crippen LogP contribution is -2.52. The smallest absolute Gasteiger partial charge is 0.481 e. The molecule has 1 atom stereocenters. The van der Waals surface area contributed by atoms with Gasteiger partial charge >= 0.3 is 14.8 Å². The number of carboxylic acid groups (broad SMARTS) is 1. The van der Waals surface area contributed by atoms with Crippen molar-refractivity contribution in [3.05, 3.63) is 0 Å². The third-order valence-electron chi connectivity index (χ3n) is 3.61. The normalized spacial score (nSPS) is 13.3. The summed E-state index contributed by atoms with van der Waals surface area (Å²) in [6, 6.07) is 0. The molecular weight excluding hydrogens is 300 g/mol. The molecule has 0 heterocycles. The average molecular weight is 335 g/mol. The Labute approximate surface area is 136 Å². The molecule has 0 aromatic rings. The Morgan fingerprint density at radius 1 is 0.864 bits per heavy atom. The Morgan fingerprint density at radius 3 is 1.73 bits per heavy atom. The molecule has 0 rings (SSSR count). The summed E-state index contributed by atoms with van der Waals surface area (Å²) in [5.74, 6) is -0.865. The van der Waals surface area contributed by atoms with Gasteiger partial charge in [-0.15, -0.1) is 0 Å². The molecule has 0 radical (unpaired) electrons. The number of carboxylic acids is 1. The van der Waals surface area contributed by atoms with Gasteiger partial charge in [0.05, 0.1) is 0 Å². The van der Waals surface area contributed by atoms with E-state index >= 15 is 0 Å². The Kier molecular flexibility index (Phi) is 12.8. The van der Waals surface area contributed by atoms with Gasteiger partial charge in [0.25, 0.3) is 0 Å². The number of unbranched alkanes of at least 4 members (excludes halogenated alkanes) is 5. The Hall–Kier alpha value is -0.433. The lowest BCUT2D eigenvalue weighted by molar-refractivity contribution is -0.139. The molecule has 0 amide bonds. The first-order chi connectivity index (χ1) is 10.6. The van der Waals surface area contributed by atoms with Gasteiger partial charge in [0, 0.05) is 19.8 Å². The van der Waals surface area contributed by atoms with Crippen molar-refractivity contribution in [2.45, 2.75) is 78.2 Å². The molecule has 0 aromatic carbocycles. The highest BCUT2D eigenvalue weighted by atomic mass is 28.4. The second kappa shape index (κ2) is 13.0. The van der Waals surface area contributed by atoms with Crippen LogP contribution in [0.5, 0.6) is 0 Å². The Morgan fingerprint density at radius 2 is 1.32 bits per heavy atom. The molecule has 0 spiro atoms. The van der Waals surface area contributed by atoms with Crippen LogP contribution in [-0.4, -0.2) is 39.7 Å². The maximum atomic E-state index is 11.7. The highest BCUT2D eigenvalue weighted by Gasteiger charge is 2.52. The van der Waals surface area contributed by atoms with E-state index < -0.39 is 20.3 Å². The highest BCUT2D eigenvalue weighted by Crippen LogP contribution is 2.31. The molecule has 1 unspecified atom stereocenters. The summed E-state index contributed by atoms with van der Waals surface area (Å²) in [6.45, 7) is 8.97. The molecule has 0 aromatic heterocycles. The summed E-state index contributed by atoms with van der Waals surface area (Å²) in [5.41, 5.74) is -0.668. The van der Waals surface area contributed by atoms with Gasteiger partial charge in [-0.1, -0.05) is 45.4 Å². The van der Waals surface area contributed by atoms with E-state index in [-0.39, 0.29) is 0 Å². The van der Waals surface area contributed by atoms with Crippen LogP contribution in [0.1, 0.15) is 72.6 Å². The van der Waals surface area contributed by atoms with Crippen molar-refractivity contribution in [1.82, 2.24) is 0 Å². The first kappa shape index (κ1) is 21.6. The van der Waals surface area contributed by atoms with Crippen LogP contribution in [0.25, 0.3) is 0 Å². The maximum absolute atomic E-state index is 11.7. The van der Waals surface area contributed by atoms with Gasteiger partial charge in [-0.2, -0.15) is 0 Å². The van der Waals surface area contributed by atoms with Crippen LogP contribution < -0.4 is 0 Å². The minimum Gasteiger partial charge on any atom is -0.481 e. The van der Waals surface area contributed by atoms with Crippen molar-refractivity contribution < 1.29 is 23.2 Å². The average Bonchev–Trinajstić information content (AvgIpc) is 2.46. The van der Waals surface area contributed by atoms with Crippen LogP contribution in [0.2, 0.25) is 5.54 Å². The molecule has 0 fully saturated rings. The molecule has 0 aliphatic heterocycles. The van der Waals surface area contributed by atoms with Crippen molar-refractivity contribution in [2.24, 2.45) is 0 Å². The Bertz CT molecular complexity index is 269. The van der Waals surface area contributed by atoms with Crippen LogP contribution >= 0.6 is 0 Å². The van der Waals surface area contributed by atoms with E-state index in [1.807, 2.05) is 20.8 Å². The number of hydrogen-bond donors (Lipinski definition) is 1. The monoisotopic (exact) mass is 334 g/mol. The zero-order valence-electron chi connectivity index (χ0n) is 14.7. The highest BCUT2D eigenvalue weighted by molar-refractivity contribution is 6.66. The maximum Gasteiger partial charge on any atom is 0.515 e. The molecule has 0 saturated heterocycles. The summed E-state index contributed by atoms with van der Waals surface area (Å²) in [7, 11) is -3.16. The Balaban J connectivity index is 4.71. The third kappa shape index (κ3) is 7.72. The second-order valence-electron chi connectivity index (χ2n) is 5.35. The van der Waals surface area contributed by atoms with E-state index in [4.69, 9.17) is 13.3 Å². The molecule has 132 valence electrons. The molecule has 0 saturated carbocycles. The molecule has 22 heavy (non-hydrogen) atoms. The molecule has 6 heteroatoms. The van der Waals surface area contributed by atoms with E-state index in [2.05, 4.69) is 6.92 Å². The predicted molar refractivity (Wildman–Crippen MR) is 90.0 cm³/mol. The van der Waals surface area contributed by atoms with Crippen LogP contribution in [0, 0.1) is 0 Å². The lowest BCUT2D eigenvalue weighted by atomic mass is 10.1. The minimum absolute atomic E-state index is 0.409. The summed E-state index contributed by atoms with van der Waals surface area (Å²) in [4.78, 5) is 11.7. The summed E-state index contributed by atoms with van der Waals surface area (Å²) < 4.78 is 17.2. The summed E-state index contributed by atoms with van der Waals surface area (Å²) >= 11 is 0. The quantitative estimate of drug-likeness (QED) is 0.358. The van der Waals surface area contributed by atoms with Gasteiger partial charge in [-0.25, -0.2) is 0 Å². The minimum atomic E-state index is -3.16. The number of carbonyl (C=O) groups is 1. The van der Waals surface area contributed by atoms with E-state index in [9.17, 15) is 9.90 Å². The van der Waals surface area contributed by atoms with Crippen LogP contribution in [0.15, 0.2) is 0 Å². The standard InChI is InChI=1S/C16H34O5Si/c1-5-9-10-11-12-13-14-15(16(17)18)22(19-6-2,20-7-3)21-8-4/h15H,5-14H2,1-4H3,(H,17,18). The van der Waals surface area contributed by atoms with E-state index in [0.29, 0.717) is 26.2 Å². The van der Waals surface area contributed by atoms with E-state index in [0.717, 1.165) is 19.3 Å². The first-order valence-electron chi connectivity index (χ1n) is 8.72. The molecule has 5 nitrogen and oxygen atoms in total. The van der Waals surface area contributed by atoms with Crippen molar-refractivity contribution >= 4 is 14.8 Å². The zero-order valence-corrected chi connectivity index (χ0v) is 15.7. The molecule has 0 bridgehead atoms. The van der Waals surface area contributed by atoms with Gasteiger partial charge in [-0.05, 0) is 27.2 Å². The van der Waals surface area contributed by atoms with Gasteiger partial charge in [0.15, 0.2) is 0 Å². The number of hydrogen-bond acceptors (Lipinski definition) is 4. The molecular formula is C16H34O5Si. The van der Waals surface area contributed by atoms with Crippen LogP contribution in [0.4, 0.5) is 0 Å². The van der Waals surface area contributed by atoms with E-state index in [1.165, 1.54) is 19.3 Å². The number of aliphatic carboxylic acids is 1. The zero-order chi connectivity index (χ0) is 16.8. The van der Waals surface area contributed by atoms with Crippen molar-refractivity contribution in [3.63, 3.8) is 0 Å². The molecule has 0 aliphatic rings. The SMILES string of the molecule is CCCCCCCCC(C(=O)O)[Si](OCC)(OCC)OCC. The fourth-order valence-corrected chi connectivity index (χ4v) is 5.53. The third-order valence-corrected chi connectivity index (χ3v) is 7.07. The predicted octanol–water partition coefficient (Wildman–Crippen LogP) is 4.24. The van der Waals surface area contributed by atoms with Crippen molar-refractivity contribution in [1.29, 1.82) is 0 Å². The van der Waals surface area contributed by atoms with E-state index in [1.54, 1.807) is 0 Å². The van der Waals surface area contributed by atoms with Gasteiger partial charge in [-0.3, -0.25) is 4.79 Å².